The fraction of sp³-hybridized carbons (Fsp3) is 0.278. The second-order valence-corrected chi connectivity index (χ2v) is 7.98. The van der Waals surface area contributed by atoms with Gasteiger partial charge in [-0.25, -0.2) is 13.1 Å². The largest absolute Gasteiger partial charge is 0.337 e. The SMILES string of the molecule is CC(=O)N(CCNS(=O)(=O)c1ccc(Cl)cc1)Cc1cccc(C)c1. The average molecular weight is 381 g/mol. The number of hydrogen-bond donors (Lipinski definition) is 1. The van der Waals surface area contributed by atoms with Crippen LogP contribution in [0.3, 0.4) is 0 Å². The van der Waals surface area contributed by atoms with Crippen molar-refractivity contribution in [1.29, 1.82) is 0 Å². The van der Waals surface area contributed by atoms with Gasteiger partial charge in [-0.05, 0) is 36.8 Å². The molecule has 1 amide bonds. The van der Waals surface area contributed by atoms with E-state index in [9.17, 15) is 13.2 Å². The molecule has 0 heterocycles. The Kier molecular flexibility index (Phi) is 6.58. The number of nitrogens with one attached hydrogen (secondary N) is 1. The van der Waals surface area contributed by atoms with E-state index in [0.29, 0.717) is 11.6 Å². The highest BCUT2D eigenvalue weighted by Crippen LogP contribution is 2.14. The second kappa shape index (κ2) is 8.47. The summed E-state index contributed by atoms with van der Waals surface area (Å²) >= 11 is 5.77. The lowest BCUT2D eigenvalue weighted by atomic mass is 10.1. The van der Waals surface area contributed by atoms with Crippen LogP contribution in [0.2, 0.25) is 5.02 Å². The van der Waals surface area contributed by atoms with Gasteiger partial charge in [-0.2, -0.15) is 0 Å². The molecule has 0 bridgehead atoms. The summed E-state index contributed by atoms with van der Waals surface area (Å²) in [5.74, 6) is -0.104. The predicted molar refractivity (Wildman–Crippen MR) is 98.9 cm³/mol. The van der Waals surface area contributed by atoms with Gasteiger partial charge in [0.15, 0.2) is 0 Å². The minimum absolute atomic E-state index is 0.104. The van der Waals surface area contributed by atoms with Crippen LogP contribution >= 0.6 is 11.6 Å². The van der Waals surface area contributed by atoms with Crippen LogP contribution in [-0.4, -0.2) is 32.3 Å². The number of nitrogens with zero attached hydrogens (tertiary/aromatic N) is 1. The first-order valence-corrected chi connectivity index (χ1v) is 9.70. The van der Waals surface area contributed by atoms with Crippen molar-refractivity contribution in [3.63, 3.8) is 0 Å². The smallest absolute Gasteiger partial charge is 0.240 e. The lowest BCUT2D eigenvalue weighted by molar-refractivity contribution is -0.129. The molecule has 2 aromatic rings. The van der Waals surface area contributed by atoms with E-state index in [2.05, 4.69) is 4.72 Å². The number of carbonyl (C=O) groups is 1. The van der Waals surface area contributed by atoms with Crippen molar-refractivity contribution < 1.29 is 13.2 Å². The van der Waals surface area contributed by atoms with Crippen molar-refractivity contribution in [2.24, 2.45) is 0 Å². The minimum Gasteiger partial charge on any atom is -0.337 e. The third-order valence-corrected chi connectivity index (χ3v) is 5.43. The molecule has 1 N–H and O–H groups in total. The maximum absolute atomic E-state index is 12.2. The van der Waals surface area contributed by atoms with E-state index in [0.717, 1.165) is 11.1 Å². The Balaban J connectivity index is 1.97. The number of benzene rings is 2. The van der Waals surface area contributed by atoms with Crippen molar-refractivity contribution in [2.75, 3.05) is 13.1 Å². The molecule has 0 saturated carbocycles. The molecule has 2 aromatic carbocycles. The van der Waals surface area contributed by atoms with Crippen LogP contribution in [-0.2, 0) is 21.4 Å². The number of hydrogen-bond acceptors (Lipinski definition) is 3. The number of carbonyl (C=O) groups excluding carboxylic acids is 1. The van der Waals surface area contributed by atoms with Crippen LogP contribution in [0.1, 0.15) is 18.1 Å². The lowest BCUT2D eigenvalue weighted by Crippen LogP contribution is -2.37. The highest BCUT2D eigenvalue weighted by molar-refractivity contribution is 7.89. The third kappa shape index (κ3) is 5.85. The van der Waals surface area contributed by atoms with Crippen molar-refractivity contribution in [3.05, 3.63) is 64.7 Å². The Hall–Kier alpha value is -1.89. The van der Waals surface area contributed by atoms with Gasteiger partial charge in [-0.15, -0.1) is 0 Å². The highest BCUT2D eigenvalue weighted by Gasteiger charge is 2.15. The van der Waals surface area contributed by atoms with Gasteiger partial charge >= 0.3 is 0 Å². The van der Waals surface area contributed by atoms with E-state index >= 15 is 0 Å². The minimum atomic E-state index is -3.62. The predicted octanol–water partition coefficient (Wildman–Crippen LogP) is 2.98. The molecule has 2 rings (SSSR count). The first-order valence-electron chi connectivity index (χ1n) is 7.84. The maximum Gasteiger partial charge on any atom is 0.240 e. The molecular formula is C18H21ClN2O3S. The first kappa shape index (κ1) is 19.4. The first-order chi connectivity index (χ1) is 11.8. The molecule has 0 radical (unpaired) electrons. The summed E-state index contributed by atoms with van der Waals surface area (Å²) in [6, 6.07) is 13.8. The van der Waals surface area contributed by atoms with Crippen molar-refractivity contribution in [1.82, 2.24) is 9.62 Å². The number of sulfonamides is 1. The Morgan fingerprint density at radius 1 is 1.16 bits per heavy atom. The van der Waals surface area contributed by atoms with Crippen molar-refractivity contribution in [3.8, 4) is 0 Å². The number of halogens is 1. The number of aryl methyl sites for hydroxylation is 1. The Bertz CT molecular complexity index is 836. The van der Waals surface area contributed by atoms with Crippen LogP contribution in [0.5, 0.6) is 0 Å². The Morgan fingerprint density at radius 3 is 2.44 bits per heavy atom. The van der Waals surface area contributed by atoms with Crippen molar-refractivity contribution in [2.45, 2.75) is 25.3 Å². The molecule has 0 aromatic heterocycles. The monoisotopic (exact) mass is 380 g/mol. The molecule has 7 heteroatoms. The van der Waals surface area contributed by atoms with Crippen LogP contribution in [0.15, 0.2) is 53.4 Å². The van der Waals surface area contributed by atoms with Crippen LogP contribution in [0.4, 0.5) is 0 Å². The fourth-order valence-corrected chi connectivity index (χ4v) is 3.54. The van der Waals surface area contributed by atoms with E-state index in [1.165, 1.54) is 31.2 Å². The molecule has 0 aliphatic carbocycles. The van der Waals surface area contributed by atoms with Crippen LogP contribution in [0, 0.1) is 6.92 Å². The zero-order chi connectivity index (χ0) is 18.4. The normalized spacial score (nSPS) is 11.3. The quantitative estimate of drug-likeness (QED) is 0.803. The average Bonchev–Trinajstić information content (AvgIpc) is 2.54. The Labute approximate surface area is 153 Å². The molecule has 0 saturated heterocycles. The summed E-state index contributed by atoms with van der Waals surface area (Å²) in [4.78, 5) is 13.6. The van der Waals surface area contributed by atoms with Gasteiger partial charge < -0.3 is 4.90 Å². The van der Waals surface area contributed by atoms with E-state index in [4.69, 9.17) is 11.6 Å². The molecule has 0 unspecified atom stereocenters. The van der Waals surface area contributed by atoms with Gasteiger partial charge in [0.1, 0.15) is 0 Å². The molecule has 134 valence electrons. The van der Waals surface area contributed by atoms with Gasteiger partial charge in [0.2, 0.25) is 15.9 Å². The molecule has 0 aliphatic heterocycles. The fourth-order valence-electron chi connectivity index (χ4n) is 2.39. The number of rotatable bonds is 7. The molecular weight excluding hydrogens is 360 g/mol. The Morgan fingerprint density at radius 2 is 1.84 bits per heavy atom. The zero-order valence-corrected chi connectivity index (χ0v) is 15.8. The summed E-state index contributed by atoms with van der Waals surface area (Å²) in [6.07, 6.45) is 0. The van der Waals surface area contributed by atoms with Crippen molar-refractivity contribution >= 4 is 27.5 Å². The third-order valence-electron chi connectivity index (χ3n) is 3.70. The second-order valence-electron chi connectivity index (χ2n) is 5.78. The topological polar surface area (TPSA) is 66.5 Å². The number of amides is 1. The summed E-state index contributed by atoms with van der Waals surface area (Å²) in [5, 5.41) is 0.472. The molecule has 0 fully saturated rings. The molecule has 0 spiro atoms. The van der Waals surface area contributed by atoms with E-state index in [1.807, 2.05) is 31.2 Å². The van der Waals surface area contributed by atoms with Crippen LogP contribution in [0.25, 0.3) is 0 Å². The van der Waals surface area contributed by atoms with Crippen LogP contribution < -0.4 is 4.72 Å². The molecule has 25 heavy (non-hydrogen) atoms. The van der Waals surface area contributed by atoms with Gasteiger partial charge in [-0.1, -0.05) is 41.4 Å². The molecule has 5 nitrogen and oxygen atoms in total. The summed E-state index contributed by atoms with van der Waals surface area (Å²) < 4.78 is 27.0. The van der Waals surface area contributed by atoms with Gasteiger partial charge in [0.25, 0.3) is 0 Å². The zero-order valence-electron chi connectivity index (χ0n) is 14.2. The highest BCUT2D eigenvalue weighted by atomic mass is 35.5. The van der Waals surface area contributed by atoms with E-state index < -0.39 is 10.0 Å². The standard InChI is InChI=1S/C18H21ClN2O3S/c1-14-4-3-5-16(12-14)13-21(15(2)22)11-10-20-25(23,24)18-8-6-17(19)7-9-18/h3-9,12,20H,10-11,13H2,1-2H3. The summed E-state index contributed by atoms with van der Waals surface area (Å²) in [5.41, 5.74) is 2.13. The summed E-state index contributed by atoms with van der Waals surface area (Å²) in [6.45, 7) is 4.33. The van der Waals surface area contributed by atoms with Gasteiger partial charge in [0.05, 0.1) is 4.90 Å². The lowest BCUT2D eigenvalue weighted by Gasteiger charge is -2.21. The van der Waals surface area contributed by atoms with Gasteiger partial charge in [0, 0.05) is 31.6 Å². The molecule has 0 aliphatic rings. The summed E-state index contributed by atoms with van der Waals surface area (Å²) in [7, 11) is -3.62. The molecule has 0 atom stereocenters. The maximum atomic E-state index is 12.2. The van der Waals surface area contributed by atoms with E-state index in [1.54, 1.807) is 4.90 Å². The van der Waals surface area contributed by atoms with Gasteiger partial charge in [-0.3, -0.25) is 4.79 Å². The van der Waals surface area contributed by atoms with E-state index in [-0.39, 0.29) is 23.9 Å².